The maximum atomic E-state index is 4.09. The zero-order valence-electron chi connectivity index (χ0n) is 7.75. The SMILES string of the molecule is CC(C)CN(C)CC=CCS. The highest BCUT2D eigenvalue weighted by Gasteiger charge is 1.97. The molecule has 1 nitrogen and oxygen atoms in total. The molecular formula is C9H19NS. The summed E-state index contributed by atoms with van der Waals surface area (Å²) >= 11 is 4.09. The van der Waals surface area contributed by atoms with Gasteiger partial charge >= 0.3 is 0 Å². The summed E-state index contributed by atoms with van der Waals surface area (Å²) in [7, 11) is 2.14. The van der Waals surface area contributed by atoms with Crippen molar-refractivity contribution in [2.75, 3.05) is 25.9 Å². The Morgan fingerprint density at radius 1 is 1.36 bits per heavy atom. The maximum Gasteiger partial charge on any atom is 0.0160 e. The molecule has 0 fully saturated rings. The number of hydrogen-bond donors (Lipinski definition) is 1. The number of hydrogen-bond acceptors (Lipinski definition) is 2. The van der Waals surface area contributed by atoms with Gasteiger partial charge in [0.1, 0.15) is 0 Å². The molecule has 2 heteroatoms. The quantitative estimate of drug-likeness (QED) is 0.492. The number of likely N-dealkylation sites (N-methyl/N-ethyl adjacent to an activating group) is 1. The second-order valence-corrected chi connectivity index (χ2v) is 3.63. The van der Waals surface area contributed by atoms with E-state index in [1.165, 1.54) is 0 Å². The lowest BCUT2D eigenvalue weighted by atomic mass is 10.2. The van der Waals surface area contributed by atoms with Crippen molar-refractivity contribution < 1.29 is 0 Å². The lowest BCUT2D eigenvalue weighted by Gasteiger charge is -2.16. The second-order valence-electron chi connectivity index (χ2n) is 3.27. The molecule has 66 valence electrons. The molecule has 0 unspecified atom stereocenters. The zero-order valence-corrected chi connectivity index (χ0v) is 8.64. The van der Waals surface area contributed by atoms with E-state index in [1.807, 2.05) is 0 Å². The highest BCUT2D eigenvalue weighted by molar-refractivity contribution is 7.80. The normalized spacial score (nSPS) is 12.2. The fraction of sp³-hybridized carbons (Fsp3) is 0.778. The van der Waals surface area contributed by atoms with Gasteiger partial charge in [0.25, 0.3) is 0 Å². The van der Waals surface area contributed by atoms with Crippen LogP contribution in [-0.4, -0.2) is 30.8 Å². The van der Waals surface area contributed by atoms with Crippen LogP contribution in [0.3, 0.4) is 0 Å². The molecule has 0 bridgehead atoms. The summed E-state index contributed by atoms with van der Waals surface area (Å²) in [6, 6.07) is 0. The molecule has 0 radical (unpaired) electrons. The first-order valence-corrected chi connectivity index (χ1v) is 4.74. The maximum absolute atomic E-state index is 4.09. The fourth-order valence-electron chi connectivity index (χ4n) is 1.03. The Morgan fingerprint density at radius 3 is 2.45 bits per heavy atom. The van der Waals surface area contributed by atoms with Crippen LogP contribution in [-0.2, 0) is 0 Å². The van der Waals surface area contributed by atoms with E-state index in [1.54, 1.807) is 0 Å². The molecule has 0 N–H and O–H groups in total. The van der Waals surface area contributed by atoms with Crippen LogP contribution in [0, 0.1) is 5.92 Å². The van der Waals surface area contributed by atoms with E-state index in [4.69, 9.17) is 0 Å². The van der Waals surface area contributed by atoms with Crippen molar-refractivity contribution in [3.8, 4) is 0 Å². The minimum absolute atomic E-state index is 0.754. The van der Waals surface area contributed by atoms with E-state index < -0.39 is 0 Å². The summed E-state index contributed by atoms with van der Waals surface area (Å²) < 4.78 is 0. The Kier molecular flexibility index (Phi) is 6.77. The molecular weight excluding hydrogens is 154 g/mol. The molecule has 0 aliphatic rings. The van der Waals surface area contributed by atoms with Gasteiger partial charge in [-0.25, -0.2) is 0 Å². The molecule has 0 aromatic rings. The summed E-state index contributed by atoms with van der Waals surface area (Å²) in [5, 5.41) is 0. The monoisotopic (exact) mass is 173 g/mol. The Bertz CT molecular complexity index is 110. The first-order valence-electron chi connectivity index (χ1n) is 4.11. The van der Waals surface area contributed by atoms with Crippen LogP contribution in [0.2, 0.25) is 0 Å². The molecule has 0 saturated carbocycles. The second kappa shape index (κ2) is 6.74. The zero-order chi connectivity index (χ0) is 8.69. The standard InChI is InChI=1S/C9H19NS/c1-9(2)8-10(3)6-4-5-7-11/h4-5,9,11H,6-8H2,1-3H3. The summed E-state index contributed by atoms with van der Waals surface area (Å²) in [6.45, 7) is 6.67. The van der Waals surface area contributed by atoms with E-state index in [-0.39, 0.29) is 0 Å². The Balaban J connectivity index is 3.36. The third-order valence-electron chi connectivity index (χ3n) is 1.37. The molecule has 0 amide bonds. The number of nitrogens with zero attached hydrogens (tertiary/aromatic N) is 1. The minimum atomic E-state index is 0.754. The molecule has 0 spiro atoms. The van der Waals surface area contributed by atoms with Crippen molar-refractivity contribution in [3.05, 3.63) is 12.2 Å². The molecule has 0 aliphatic heterocycles. The van der Waals surface area contributed by atoms with Crippen molar-refractivity contribution in [2.45, 2.75) is 13.8 Å². The van der Waals surface area contributed by atoms with Crippen molar-refractivity contribution >= 4 is 12.6 Å². The fourth-order valence-corrected chi connectivity index (χ4v) is 1.18. The van der Waals surface area contributed by atoms with Gasteiger partial charge in [0.2, 0.25) is 0 Å². The van der Waals surface area contributed by atoms with Gasteiger partial charge in [0.05, 0.1) is 0 Å². The van der Waals surface area contributed by atoms with Gasteiger partial charge in [0.15, 0.2) is 0 Å². The van der Waals surface area contributed by atoms with Crippen LogP contribution < -0.4 is 0 Å². The van der Waals surface area contributed by atoms with Crippen molar-refractivity contribution in [1.29, 1.82) is 0 Å². The van der Waals surface area contributed by atoms with Gasteiger partial charge in [0, 0.05) is 18.8 Å². The minimum Gasteiger partial charge on any atom is -0.302 e. The summed E-state index contributed by atoms with van der Waals surface area (Å²) in [5.41, 5.74) is 0. The highest BCUT2D eigenvalue weighted by atomic mass is 32.1. The third kappa shape index (κ3) is 7.95. The van der Waals surface area contributed by atoms with E-state index >= 15 is 0 Å². The van der Waals surface area contributed by atoms with E-state index in [0.717, 1.165) is 24.8 Å². The first-order chi connectivity index (χ1) is 5.16. The van der Waals surface area contributed by atoms with Gasteiger partial charge in [-0.05, 0) is 13.0 Å². The third-order valence-corrected chi connectivity index (χ3v) is 1.58. The average molecular weight is 173 g/mol. The first kappa shape index (κ1) is 11.1. The molecule has 0 heterocycles. The van der Waals surface area contributed by atoms with Crippen LogP contribution in [0.25, 0.3) is 0 Å². The largest absolute Gasteiger partial charge is 0.302 e. The molecule has 0 rings (SSSR count). The highest BCUT2D eigenvalue weighted by Crippen LogP contribution is 1.95. The van der Waals surface area contributed by atoms with Crippen LogP contribution in [0.5, 0.6) is 0 Å². The molecule has 0 aliphatic carbocycles. The lowest BCUT2D eigenvalue weighted by molar-refractivity contribution is 0.324. The number of rotatable bonds is 5. The van der Waals surface area contributed by atoms with Gasteiger partial charge in [-0.3, -0.25) is 0 Å². The lowest BCUT2D eigenvalue weighted by Crippen LogP contribution is -2.23. The van der Waals surface area contributed by atoms with Gasteiger partial charge in [-0.1, -0.05) is 26.0 Å². The van der Waals surface area contributed by atoms with Crippen LogP contribution in [0.15, 0.2) is 12.2 Å². The van der Waals surface area contributed by atoms with Crippen LogP contribution >= 0.6 is 12.6 Å². The summed E-state index contributed by atoms with van der Waals surface area (Å²) in [4.78, 5) is 2.31. The van der Waals surface area contributed by atoms with Crippen LogP contribution in [0.1, 0.15) is 13.8 Å². The van der Waals surface area contributed by atoms with Crippen molar-refractivity contribution in [2.24, 2.45) is 5.92 Å². The van der Waals surface area contributed by atoms with Gasteiger partial charge in [-0.15, -0.1) is 0 Å². The van der Waals surface area contributed by atoms with Gasteiger partial charge < -0.3 is 4.90 Å². The molecule has 0 saturated heterocycles. The Labute approximate surface area is 75.9 Å². The van der Waals surface area contributed by atoms with Gasteiger partial charge in [-0.2, -0.15) is 12.6 Å². The molecule has 11 heavy (non-hydrogen) atoms. The number of thiol groups is 1. The molecule has 0 atom stereocenters. The summed E-state index contributed by atoms with van der Waals surface area (Å²) in [5.74, 6) is 1.60. The molecule has 0 aromatic heterocycles. The predicted molar refractivity (Wildman–Crippen MR) is 55.3 cm³/mol. The molecule has 0 aromatic carbocycles. The van der Waals surface area contributed by atoms with Crippen LogP contribution in [0.4, 0.5) is 0 Å². The Hall–Kier alpha value is 0.0500. The Morgan fingerprint density at radius 2 is 2.00 bits per heavy atom. The van der Waals surface area contributed by atoms with E-state index in [9.17, 15) is 0 Å². The van der Waals surface area contributed by atoms with E-state index in [2.05, 4.69) is 50.6 Å². The average Bonchev–Trinajstić information content (AvgIpc) is 1.86. The predicted octanol–water partition coefficient (Wildman–Crippen LogP) is 2.06. The van der Waals surface area contributed by atoms with Crippen molar-refractivity contribution in [3.63, 3.8) is 0 Å². The smallest absolute Gasteiger partial charge is 0.0160 e. The van der Waals surface area contributed by atoms with Crippen molar-refractivity contribution in [1.82, 2.24) is 4.90 Å². The topological polar surface area (TPSA) is 3.24 Å². The summed E-state index contributed by atoms with van der Waals surface area (Å²) in [6.07, 6.45) is 4.25. The van der Waals surface area contributed by atoms with E-state index in [0.29, 0.717) is 0 Å².